The summed E-state index contributed by atoms with van der Waals surface area (Å²) in [6, 6.07) is 2.01. The van der Waals surface area contributed by atoms with Gasteiger partial charge in [-0.3, -0.25) is 9.59 Å². The van der Waals surface area contributed by atoms with Gasteiger partial charge in [0, 0.05) is 0 Å². The Hall–Kier alpha value is -1.83. The molecule has 1 rings (SSSR count). The van der Waals surface area contributed by atoms with Crippen molar-refractivity contribution in [2.24, 2.45) is 5.92 Å². The summed E-state index contributed by atoms with van der Waals surface area (Å²) in [5, 5.41) is 13.6. The van der Waals surface area contributed by atoms with E-state index in [-0.39, 0.29) is 18.2 Å². The van der Waals surface area contributed by atoms with E-state index in [1.165, 1.54) is 6.07 Å². The minimum absolute atomic E-state index is 0.0586. The quantitative estimate of drug-likeness (QED) is 0.711. The van der Waals surface area contributed by atoms with Gasteiger partial charge in [-0.05, 0) is 34.0 Å². The molecule has 0 unspecified atom stereocenters. The van der Waals surface area contributed by atoms with Crippen LogP contribution in [0.1, 0.15) is 24.4 Å². The van der Waals surface area contributed by atoms with Crippen molar-refractivity contribution in [1.82, 2.24) is 10.6 Å². The van der Waals surface area contributed by atoms with Gasteiger partial charge in [-0.1, -0.05) is 13.8 Å². The highest BCUT2D eigenvalue weighted by atomic mass is 79.9. The second kappa shape index (κ2) is 7.09. The smallest absolute Gasteiger partial charge is 0.326 e. The number of halogens is 1. The molecule has 1 atom stereocenters. The largest absolute Gasteiger partial charge is 0.480 e. The van der Waals surface area contributed by atoms with Crippen LogP contribution in [0.5, 0.6) is 0 Å². The molecular weight excluding hydrogens is 332 g/mol. The second-order valence-corrected chi connectivity index (χ2v) is 5.20. The highest BCUT2D eigenvalue weighted by Gasteiger charge is 2.23. The predicted octanol–water partition coefficient (Wildman–Crippen LogP) is 0.997. The van der Waals surface area contributed by atoms with Crippen LogP contribution < -0.4 is 10.6 Å². The van der Waals surface area contributed by atoms with Gasteiger partial charge in [0.15, 0.2) is 10.4 Å². The van der Waals surface area contributed by atoms with Gasteiger partial charge in [-0.15, -0.1) is 0 Å². The number of hydrogen-bond donors (Lipinski definition) is 3. The monoisotopic (exact) mass is 346 g/mol. The Balaban J connectivity index is 2.47. The van der Waals surface area contributed by atoms with Crippen molar-refractivity contribution in [3.63, 3.8) is 0 Å². The first-order valence-electron chi connectivity index (χ1n) is 5.87. The van der Waals surface area contributed by atoms with Crippen LogP contribution in [0.4, 0.5) is 0 Å². The summed E-state index contributed by atoms with van der Waals surface area (Å²) in [5.41, 5.74) is 0. The molecule has 0 aromatic carbocycles. The fourth-order valence-electron chi connectivity index (χ4n) is 1.42. The molecule has 0 radical (unpaired) electrons. The van der Waals surface area contributed by atoms with Crippen molar-refractivity contribution in [2.45, 2.75) is 19.9 Å². The highest BCUT2D eigenvalue weighted by molar-refractivity contribution is 9.10. The summed E-state index contributed by atoms with van der Waals surface area (Å²) >= 11 is 3.05. The number of rotatable bonds is 6. The first-order chi connectivity index (χ1) is 9.31. The highest BCUT2D eigenvalue weighted by Crippen LogP contribution is 2.13. The van der Waals surface area contributed by atoms with Crippen LogP contribution in [0, 0.1) is 5.92 Å². The van der Waals surface area contributed by atoms with Gasteiger partial charge in [-0.2, -0.15) is 0 Å². The number of carboxylic acids is 1. The number of furan rings is 1. The molecule has 8 heteroatoms. The summed E-state index contributed by atoms with van der Waals surface area (Å²) in [7, 11) is 0. The van der Waals surface area contributed by atoms with Gasteiger partial charge in [0.1, 0.15) is 6.04 Å². The van der Waals surface area contributed by atoms with E-state index in [1.54, 1.807) is 19.9 Å². The van der Waals surface area contributed by atoms with E-state index in [1.807, 2.05) is 0 Å². The molecule has 1 heterocycles. The molecule has 0 bridgehead atoms. The van der Waals surface area contributed by atoms with E-state index in [0.717, 1.165) is 0 Å². The van der Waals surface area contributed by atoms with Crippen molar-refractivity contribution in [2.75, 3.05) is 6.54 Å². The lowest BCUT2D eigenvalue weighted by Crippen LogP contribution is -2.48. The Morgan fingerprint density at radius 1 is 1.35 bits per heavy atom. The summed E-state index contributed by atoms with van der Waals surface area (Å²) in [5.74, 6) is -2.45. The zero-order chi connectivity index (χ0) is 15.3. The third kappa shape index (κ3) is 4.69. The van der Waals surface area contributed by atoms with Gasteiger partial charge in [-0.25, -0.2) is 4.79 Å². The zero-order valence-corrected chi connectivity index (χ0v) is 12.6. The Labute approximate surface area is 123 Å². The average Bonchev–Trinajstić information content (AvgIpc) is 2.79. The molecule has 0 aliphatic rings. The Morgan fingerprint density at radius 3 is 2.45 bits per heavy atom. The van der Waals surface area contributed by atoms with Crippen LogP contribution in [0.2, 0.25) is 0 Å². The zero-order valence-electron chi connectivity index (χ0n) is 11.0. The molecule has 3 N–H and O–H groups in total. The van der Waals surface area contributed by atoms with Gasteiger partial charge in [0.2, 0.25) is 5.91 Å². The molecule has 1 aromatic heterocycles. The molecule has 0 spiro atoms. The molecule has 110 valence electrons. The third-order valence-corrected chi connectivity index (χ3v) is 2.88. The molecule has 20 heavy (non-hydrogen) atoms. The minimum atomic E-state index is -1.12. The lowest BCUT2D eigenvalue weighted by molar-refractivity contribution is -0.142. The van der Waals surface area contributed by atoms with E-state index in [9.17, 15) is 14.4 Å². The standard InChI is InChI=1S/C12H15BrN2O5/c1-6(2)10(12(18)19)15-9(16)5-14-11(17)7-3-4-8(13)20-7/h3-4,6,10H,5H2,1-2H3,(H,14,17)(H,15,16)(H,18,19)/t10-/m0/s1. The Kier molecular flexibility index (Phi) is 5.75. The maximum absolute atomic E-state index is 11.6. The van der Waals surface area contributed by atoms with Crippen molar-refractivity contribution < 1.29 is 23.9 Å². The van der Waals surface area contributed by atoms with Crippen LogP contribution in [0.25, 0.3) is 0 Å². The number of nitrogens with one attached hydrogen (secondary N) is 2. The number of amides is 2. The minimum Gasteiger partial charge on any atom is -0.480 e. The predicted molar refractivity (Wildman–Crippen MR) is 73.1 cm³/mol. The van der Waals surface area contributed by atoms with Crippen LogP contribution in [-0.4, -0.2) is 35.5 Å². The molecule has 1 aromatic rings. The van der Waals surface area contributed by atoms with Gasteiger partial charge < -0.3 is 20.2 Å². The topological polar surface area (TPSA) is 109 Å². The van der Waals surface area contributed by atoms with Gasteiger partial charge in [0.25, 0.3) is 5.91 Å². The van der Waals surface area contributed by atoms with E-state index < -0.39 is 23.8 Å². The van der Waals surface area contributed by atoms with E-state index in [4.69, 9.17) is 9.52 Å². The lowest BCUT2D eigenvalue weighted by Gasteiger charge is -2.17. The maximum Gasteiger partial charge on any atom is 0.326 e. The fraction of sp³-hybridized carbons (Fsp3) is 0.417. The van der Waals surface area contributed by atoms with Crippen LogP contribution in [0.3, 0.4) is 0 Å². The van der Waals surface area contributed by atoms with Crippen molar-refractivity contribution in [3.8, 4) is 0 Å². The molecule has 2 amide bonds. The van der Waals surface area contributed by atoms with Gasteiger partial charge in [0.05, 0.1) is 6.54 Å². The normalized spacial score (nSPS) is 12.0. The number of carbonyl (C=O) groups excluding carboxylic acids is 2. The first-order valence-corrected chi connectivity index (χ1v) is 6.66. The van der Waals surface area contributed by atoms with E-state index in [2.05, 4.69) is 26.6 Å². The molecule has 0 aliphatic carbocycles. The molecule has 0 saturated carbocycles. The average molecular weight is 347 g/mol. The SMILES string of the molecule is CC(C)[C@H](NC(=O)CNC(=O)c1ccc(Br)o1)C(=O)O. The van der Waals surface area contributed by atoms with Crippen molar-refractivity contribution in [3.05, 3.63) is 22.6 Å². The van der Waals surface area contributed by atoms with Crippen molar-refractivity contribution >= 4 is 33.7 Å². The number of carbonyl (C=O) groups is 3. The van der Waals surface area contributed by atoms with Crippen LogP contribution >= 0.6 is 15.9 Å². The van der Waals surface area contributed by atoms with Gasteiger partial charge >= 0.3 is 5.97 Å². The summed E-state index contributed by atoms with van der Waals surface area (Å²) in [4.78, 5) is 34.1. The first kappa shape index (κ1) is 16.2. The second-order valence-electron chi connectivity index (χ2n) is 4.41. The molecular formula is C12H15BrN2O5. The number of aliphatic carboxylic acids is 1. The molecule has 0 fully saturated rings. The van der Waals surface area contributed by atoms with E-state index >= 15 is 0 Å². The van der Waals surface area contributed by atoms with Crippen LogP contribution in [-0.2, 0) is 9.59 Å². The summed E-state index contributed by atoms with van der Waals surface area (Å²) in [6.45, 7) is 3.03. The molecule has 0 saturated heterocycles. The van der Waals surface area contributed by atoms with Crippen molar-refractivity contribution in [1.29, 1.82) is 0 Å². The summed E-state index contributed by atoms with van der Waals surface area (Å²) < 4.78 is 5.41. The summed E-state index contributed by atoms with van der Waals surface area (Å²) in [6.07, 6.45) is 0. The fourth-order valence-corrected chi connectivity index (χ4v) is 1.73. The number of carboxylic acid groups (broad SMARTS) is 1. The Bertz CT molecular complexity index is 512. The van der Waals surface area contributed by atoms with E-state index in [0.29, 0.717) is 4.67 Å². The maximum atomic E-state index is 11.6. The number of hydrogen-bond acceptors (Lipinski definition) is 4. The lowest BCUT2D eigenvalue weighted by atomic mass is 10.1. The third-order valence-electron chi connectivity index (χ3n) is 2.46. The van der Waals surface area contributed by atoms with Crippen LogP contribution in [0.15, 0.2) is 21.2 Å². The Morgan fingerprint density at radius 2 is 2.00 bits per heavy atom. The molecule has 0 aliphatic heterocycles. The molecule has 7 nitrogen and oxygen atoms in total.